The molecule has 0 radical (unpaired) electrons. The lowest BCUT2D eigenvalue weighted by molar-refractivity contribution is 0.185. The molecule has 0 bridgehead atoms. The van der Waals surface area contributed by atoms with Crippen molar-refractivity contribution >= 4 is 16.5 Å². The quantitative estimate of drug-likeness (QED) is 0.583. The lowest BCUT2D eigenvalue weighted by Crippen LogP contribution is -1.90. The van der Waals surface area contributed by atoms with Gasteiger partial charge in [-0.3, -0.25) is 0 Å². The van der Waals surface area contributed by atoms with Gasteiger partial charge in [0.2, 0.25) is 0 Å². The number of hydrogen-bond donors (Lipinski definition) is 0. The molecule has 2 aromatic carbocycles. The molecule has 18 heavy (non-hydrogen) atoms. The number of rotatable bonds is 5. The number of nitroso groups, excluding NO2 is 1. The SMILES string of the molecule is C=CCc1c(N=O)ccc2cc(COC)ccc12. The van der Waals surface area contributed by atoms with Gasteiger partial charge in [-0.25, -0.2) is 0 Å². The molecule has 0 amide bonds. The monoisotopic (exact) mass is 241 g/mol. The molecule has 0 aliphatic carbocycles. The Bertz CT molecular complexity index is 590. The first-order chi connectivity index (χ1) is 8.80. The third kappa shape index (κ3) is 2.31. The molecule has 0 heterocycles. The van der Waals surface area contributed by atoms with E-state index in [-0.39, 0.29) is 0 Å². The van der Waals surface area contributed by atoms with Crippen molar-refractivity contribution in [3.8, 4) is 0 Å². The Morgan fingerprint density at radius 2 is 2.17 bits per heavy atom. The second kappa shape index (κ2) is 5.56. The van der Waals surface area contributed by atoms with Gasteiger partial charge in [-0.15, -0.1) is 11.5 Å². The lowest BCUT2D eigenvalue weighted by Gasteiger charge is -2.08. The first kappa shape index (κ1) is 12.5. The van der Waals surface area contributed by atoms with Crippen LogP contribution in [0.1, 0.15) is 11.1 Å². The molecule has 3 heteroatoms. The summed E-state index contributed by atoms with van der Waals surface area (Å²) in [6.45, 7) is 4.31. The third-order valence-electron chi connectivity index (χ3n) is 2.93. The summed E-state index contributed by atoms with van der Waals surface area (Å²) in [5.74, 6) is 0. The second-order valence-electron chi connectivity index (χ2n) is 4.14. The van der Waals surface area contributed by atoms with E-state index in [1.54, 1.807) is 19.3 Å². The highest BCUT2D eigenvalue weighted by Crippen LogP contribution is 2.29. The minimum Gasteiger partial charge on any atom is -0.380 e. The smallest absolute Gasteiger partial charge is 0.112 e. The molecule has 0 saturated carbocycles. The van der Waals surface area contributed by atoms with Crippen LogP contribution in [0.2, 0.25) is 0 Å². The fraction of sp³-hybridized carbons (Fsp3) is 0.200. The number of ether oxygens (including phenoxy) is 1. The molecular formula is C15H15NO2. The van der Waals surface area contributed by atoms with Gasteiger partial charge in [0, 0.05) is 7.11 Å². The highest BCUT2D eigenvalue weighted by Gasteiger charge is 2.07. The molecule has 0 unspecified atom stereocenters. The number of fused-ring (bicyclic) bond motifs is 1. The van der Waals surface area contributed by atoms with E-state index in [1.807, 2.05) is 18.2 Å². The van der Waals surface area contributed by atoms with Crippen LogP contribution in [0.4, 0.5) is 5.69 Å². The van der Waals surface area contributed by atoms with Crippen LogP contribution in [0, 0.1) is 4.91 Å². The minimum absolute atomic E-state index is 0.488. The molecule has 2 aromatic rings. The number of hydrogen-bond acceptors (Lipinski definition) is 3. The molecule has 0 saturated heterocycles. The van der Waals surface area contributed by atoms with E-state index in [0.29, 0.717) is 18.7 Å². The number of methoxy groups -OCH3 is 1. The first-order valence-corrected chi connectivity index (χ1v) is 5.78. The maximum absolute atomic E-state index is 10.8. The molecular weight excluding hydrogens is 226 g/mol. The number of allylic oxidation sites excluding steroid dienone is 1. The molecule has 0 N–H and O–H groups in total. The Kier molecular flexibility index (Phi) is 3.85. The fourth-order valence-corrected chi connectivity index (χ4v) is 2.13. The Morgan fingerprint density at radius 1 is 1.33 bits per heavy atom. The van der Waals surface area contributed by atoms with E-state index in [2.05, 4.69) is 17.8 Å². The standard InChI is InChI=1S/C15H15NO2/c1-3-4-14-13-7-5-11(10-18-2)9-12(13)6-8-15(14)16-17/h3,5-9H,1,4,10H2,2H3. The van der Waals surface area contributed by atoms with Crippen molar-refractivity contribution in [2.75, 3.05) is 7.11 Å². The van der Waals surface area contributed by atoms with E-state index >= 15 is 0 Å². The maximum atomic E-state index is 10.8. The zero-order valence-corrected chi connectivity index (χ0v) is 10.3. The van der Waals surface area contributed by atoms with Crippen LogP contribution >= 0.6 is 0 Å². The van der Waals surface area contributed by atoms with Gasteiger partial charge in [0.15, 0.2) is 0 Å². The summed E-state index contributed by atoms with van der Waals surface area (Å²) in [6.07, 6.45) is 2.43. The number of benzene rings is 2. The normalized spacial score (nSPS) is 10.5. The predicted octanol–water partition coefficient (Wildman–Crippen LogP) is 4.11. The topological polar surface area (TPSA) is 38.7 Å². The summed E-state index contributed by atoms with van der Waals surface area (Å²) in [4.78, 5) is 10.8. The Balaban J connectivity index is 2.61. The molecule has 92 valence electrons. The van der Waals surface area contributed by atoms with Gasteiger partial charge in [-0.2, -0.15) is 0 Å². The summed E-state index contributed by atoms with van der Waals surface area (Å²) in [5, 5.41) is 5.22. The van der Waals surface area contributed by atoms with Gasteiger partial charge in [-0.1, -0.05) is 24.3 Å². The second-order valence-corrected chi connectivity index (χ2v) is 4.14. The van der Waals surface area contributed by atoms with Crippen molar-refractivity contribution in [1.29, 1.82) is 0 Å². The average molecular weight is 241 g/mol. The third-order valence-corrected chi connectivity index (χ3v) is 2.93. The molecule has 0 atom stereocenters. The average Bonchev–Trinajstić information content (AvgIpc) is 2.39. The van der Waals surface area contributed by atoms with Crippen LogP contribution < -0.4 is 0 Å². The zero-order chi connectivity index (χ0) is 13.0. The van der Waals surface area contributed by atoms with Crippen LogP contribution in [0.5, 0.6) is 0 Å². The fourth-order valence-electron chi connectivity index (χ4n) is 2.13. The summed E-state index contributed by atoms with van der Waals surface area (Å²) >= 11 is 0. The zero-order valence-electron chi connectivity index (χ0n) is 10.3. The predicted molar refractivity (Wildman–Crippen MR) is 74.0 cm³/mol. The van der Waals surface area contributed by atoms with E-state index in [4.69, 9.17) is 4.74 Å². The Labute approximate surface area is 106 Å². The summed E-state index contributed by atoms with van der Waals surface area (Å²) < 4.78 is 5.11. The van der Waals surface area contributed by atoms with Crippen molar-refractivity contribution in [3.63, 3.8) is 0 Å². The van der Waals surface area contributed by atoms with Gasteiger partial charge >= 0.3 is 0 Å². The van der Waals surface area contributed by atoms with E-state index < -0.39 is 0 Å². The van der Waals surface area contributed by atoms with Gasteiger partial charge in [-0.05, 0) is 45.6 Å². The van der Waals surface area contributed by atoms with Gasteiger partial charge < -0.3 is 4.74 Å². The Hall–Kier alpha value is -2.00. The first-order valence-electron chi connectivity index (χ1n) is 5.78. The van der Waals surface area contributed by atoms with E-state index in [0.717, 1.165) is 21.9 Å². The molecule has 0 spiro atoms. The van der Waals surface area contributed by atoms with Gasteiger partial charge in [0.25, 0.3) is 0 Å². The van der Waals surface area contributed by atoms with Crippen molar-refractivity contribution in [3.05, 3.63) is 59.0 Å². The van der Waals surface area contributed by atoms with Gasteiger partial charge in [0.1, 0.15) is 5.69 Å². The van der Waals surface area contributed by atoms with E-state index in [9.17, 15) is 4.91 Å². The molecule has 0 aliphatic rings. The highest BCUT2D eigenvalue weighted by molar-refractivity contribution is 5.90. The van der Waals surface area contributed by atoms with Crippen LogP contribution in [-0.4, -0.2) is 7.11 Å². The van der Waals surface area contributed by atoms with E-state index in [1.165, 1.54) is 0 Å². The minimum atomic E-state index is 0.488. The highest BCUT2D eigenvalue weighted by atomic mass is 16.5. The Morgan fingerprint density at radius 3 is 2.83 bits per heavy atom. The van der Waals surface area contributed by atoms with Crippen molar-refractivity contribution < 1.29 is 4.74 Å². The maximum Gasteiger partial charge on any atom is 0.112 e. The molecule has 0 aromatic heterocycles. The molecule has 2 rings (SSSR count). The number of nitrogens with zero attached hydrogens (tertiary/aromatic N) is 1. The lowest BCUT2D eigenvalue weighted by atomic mass is 9.98. The van der Waals surface area contributed by atoms with Crippen molar-refractivity contribution in [2.45, 2.75) is 13.0 Å². The molecule has 3 nitrogen and oxygen atoms in total. The summed E-state index contributed by atoms with van der Waals surface area (Å²) in [7, 11) is 1.67. The van der Waals surface area contributed by atoms with Crippen LogP contribution in [0.15, 0.2) is 48.2 Å². The van der Waals surface area contributed by atoms with Gasteiger partial charge in [0.05, 0.1) is 6.61 Å². The van der Waals surface area contributed by atoms with Crippen LogP contribution in [-0.2, 0) is 17.8 Å². The van der Waals surface area contributed by atoms with Crippen LogP contribution in [0.25, 0.3) is 10.8 Å². The van der Waals surface area contributed by atoms with Crippen molar-refractivity contribution in [2.24, 2.45) is 5.18 Å². The van der Waals surface area contributed by atoms with Crippen LogP contribution in [0.3, 0.4) is 0 Å². The summed E-state index contributed by atoms with van der Waals surface area (Å²) in [6, 6.07) is 9.76. The van der Waals surface area contributed by atoms with Crippen molar-refractivity contribution in [1.82, 2.24) is 0 Å². The molecule has 0 aliphatic heterocycles. The summed E-state index contributed by atoms with van der Waals surface area (Å²) in [5.41, 5.74) is 2.53. The molecule has 0 fully saturated rings. The largest absolute Gasteiger partial charge is 0.380 e.